The molecular weight excluding hydrogens is 258 g/mol. The molecule has 1 aliphatic carbocycles. The molecule has 1 fully saturated rings. The second-order valence-electron chi connectivity index (χ2n) is 5.15. The second-order valence-corrected chi connectivity index (χ2v) is 5.15. The van der Waals surface area contributed by atoms with E-state index in [1.807, 2.05) is 0 Å². The van der Waals surface area contributed by atoms with E-state index < -0.39 is 23.6 Å². The van der Waals surface area contributed by atoms with Gasteiger partial charge in [0.1, 0.15) is 5.82 Å². The van der Waals surface area contributed by atoms with Gasteiger partial charge in [-0.3, -0.25) is 0 Å². The highest BCUT2D eigenvalue weighted by atomic mass is 19.4. The first-order valence-electron chi connectivity index (χ1n) is 6.52. The second kappa shape index (κ2) is 5.49. The minimum atomic E-state index is -4.49. The van der Waals surface area contributed by atoms with Gasteiger partial charge in [0.15, 0.2) is 0 Å². The molecule has 1 atom stereocenters. The molecule has 1 aromatic carbocycles. The highest BCUT2D eigenvalue weighted by Crippen LogP contribution is 2.39. The quantitative estimate of drug-likeness (QED) is 0.794. The summed E-state index contributed by atoms with van der Waals surface area (Å²) >= 11 is 0. The van der Waals surface area contributed by atoms with E-state index >= 15 is 0 Å². The van der Waals surface area contributed by atoms with Gasteiger partial charge < -0.3 is 5.73 Å². The molecule has 1 nitrogen and oxygen atoms in total. The molecule has 1 saturated carbocycles. The Hall–Kier alpha value is -1.10. The average molecular weight is 275 g/mol. The third kappa shape index (κ3) is 3.26. The Bertz CT molecular complexity index is 436. The number of alkyl halides is 3. The van der Waals surface area contributed by atoms with Gasteiger partial charge >= 0.3 is 6.18 Å². The maximum Gasteiger partial charge on any atom is 0.416 e. The smallest absolute Gasteiger partial charge is 0.324 e. The van der Waals surface area contributed by atoms with Crippen molar-refractivity contribution < 1.29 is 17.6 Å². The van der Waals surface area contributed by atoms with Gasteiger partial charge in [0.2, 0.25) is 0 Å². The van der Waals surface area contributed by atoms with Crippen LogP contribution in [-0.2, 0) is 6.18 Å². The van der Waals surface area contributed by atoms with Crippen molar-refractivity contribution in [2.45, 2.75) is 44.3 Å². The molecule has 0 saturated heterocycles. The van der Waals surface area contributed by atoms with Gasteiger partial charge in [-0.2, -0.15) is 13.2 Å². The van der Waals surface area contributed by atoms with E-state index in [-0.39, 0.29) is 11.5 Å². The van der Waals surface area contributed by atoms with Gasteiger partial charge in [-0.25, -0.2) is 4.39 Å². The first kappa shape index (κ1) is 14.3. The van der Waals surface area contributed by atoms with Crippen molar-refractivity contribution in [2.24, 2.45) is 11.7 Å². The number of nitrogens with two attached hydrogens (primary N) is 1. The first-order valence-corrected chi connectivity index (χ1v) is 6.52. The van der Waals surface area contributed by atoms with E-state index in [1.54, 1.807) is 0 Å². The molecule has 0 amide bonds. The first-order chi connectivity index (χ1) is 8.89. The van der Waals surface area contributed by atoms with Crippen LogP contribution in [0.25, 0.3) is 0 Å². The van der Waals surface area contributed by atoms with Crippen LogP contribution in [0.5, 0.6) is 0 Å². The van der Waals surface area contributed by atoms with Crippen LogP contribution >= 0.6 is 0 Å². The monoisotopic (exact) mass is 275 g/mol. The lowest BCUT2D eigenvalue weighted by molar-refractivity contribution is -0.138. The summed E-state index contributed by atoms with van der Waals surface area (Å²) in [6.07, 6.45) is 0.196. The Kier molecular flexibility index (Phi) is 4.13. The Morgan fingerprint density at radius 1 is 1.11 bits per heavy atom. The summed E-state index contributed by atoms with van der Waals surface area (Å²) in [6.45, 7) is 0. The van der Waals surface area contributed by atoms with Crippen molar-refractivity contribution in [3.05, 3.63) is 35.1 Å². The summed E-state index contributed by atoms with van der Waals surface area (Å²) in [7, 11) is 0. The zero-order valence-corrected chi connectivity index (χ0v) is 10.5. The van der Waals surface area contributed by atoms with E-state index in [1.165, 1.54) is 0 Å². The zero-order valence-electron chi connectivity index (χ0n) is 10.5. The predicted molar refractivity (Wildman–Crippen MR) is 64.9 cm³/mol. The molecule has 2 rings (SSSR count). The number of rotatable bonds is 2. The fraction of sp³-hybridized carbons (Fsp3) is 0.571. The van der Waals surface area contributed by atoms with Crippen molar-refractivity contribution in [1.82, 2.24) is 0 Å². The maximum absolute atomic E-state index is 13.2. The summed E-state index contributed by atoms with van der Waals surface area (Å²) in [5.41, 5.74) is 5.04. The maximum atomic E-state index is 13.2. The highest BCUT2D eigenvalue weighted by Gasteiger charge is 2.36. The van der Waals surface area contributed by atoms with Crippen molar-refractivity contribution in [2.75, 3.05) is 0 Å². The lowest BCUT2D eigenvalue weighted by atomic mass is 9.80. The molecule has 19 heavy (non-hydrogen) atoms. The molecule has 0 radical (unpaired) electrons. The normalized spacial score (nSPS) is 19.4. The zero-order chi connectivity index (χ0) is 14.0. The highest BCUT2D eigenvalue weighted by molar-refractivity contribution is 5.33. The molecule has 0 bridgehead atoms. The molecule has 0 aromatic heterocycles. The molecule has 1 aromatic rings. The lowest BCUT2D eigenvalue weighted by Gasteiger charge is -2.29. The molecule has 1 aliphatic rings. The summed E-state index contributed by atoms with van der Waals surface area (Å²) in [5, 5.41) is 0. The fourth-order valence-electron chi connectivity index (χ4n) is 2.81. The summed E-state index contributed by atoms with van der Waals surface area (Å²) < 4.78 is 52.0. The van der Waals surface area contributed by atoms with Crippen molar-refractivity contribution in [1.29, 1.82) is 0 Å². The van der Waals surface area contributed by atoms with Crippen molar-refractivity contribution in [3.63, 3.8) is 0 Å². The molecular formula is C14H17F4N. The van der Waals surface area contributed by atoms with E-state index in [0.717, 1.165) is 50.3 Å². The van der Waals surface area contributed by atoms with Crippen LogP contribution in [0.2, 0.25) is 0 Å². The van der Waals surface area contributed by atoms with Crippen LogP contribution in [0.1, 0.15) is 49.3 Å². The number of halogens is 4. The van der Waals surface area contributed by atoms with E-state index in [0.29, 0.717) is 0 Å². The van der Waals surface area contributed by atoms with Crippen LogP contribution in [0.4, 0.5) is 17.6 Å². The van der Waals surface area contributed by atoms with Crippen molar-refractivity contribution in [3.8, 4) is 0 Å². The van der Waals surface area contributed by atoms with Gasteiger partial charge in [0, 0.05) is 6.04 Å². The molecule has 0 spiro atoms. The van der Waals surface area contributed by atoms with Gasteiger partial charge in [0.05, 0.1) is 5.56 Å². The Balaban J connectivity index is 2.33. The predicted octanol–water partition coefficient (Wildman–Crippen LogP) is 4.42. The van der Waals surface area contributed by atoms with E-state index in [2.05, 4.69) is 0 Å². The van der Waals surface area contributed by atoms with Gasteiger partial charge in [0.25, 0.3) is 0 Å². The Morgan fingerprint density at radius 3 is 2.32 bits per heavy atom. The van der Waals surface area contributed by atoms with Crippen LogP contribution < -0.4 is 5.73 Å². The largest absolute Gasteiger partial charge is 0.416 e. The van der Waals surface area contributed by atoms with Gasteiger partial charge in [-0.05, 0) is 42.5 Å². The number of benzene rings is 1. The topological polar surface area (TPSA) is 26.0 Å². The average Bonchev–Trinajstić information content (AvgIpc) is 2.37. The standard InChI is InChI=1S/C14H17F4N/c15-10-6-7-12(14(16,17)18)11(8-10)13(19)9-4-2-1-3-5-9/h6-9,13H,1-5,19H2/t13-/m1/s1. The van der Waals surface area contributed by atoms with Gasteiger partial charge in [-0.15, -0.1) is 0 Å². The van der Waals surface area contributed by atoms with Crippen LogP contribution in [0, 0.1) is 11.7 Å². The van der Waals surface area contributed by atoms with Gasteiger partial charge in [-0.1, -0.05) is 19.3 Å². The molecule has 106 valence electrons. The minimum Gasteiger partial charge on any atom is -0.324 e. The number of hydrogen-bond donors (Lipinski definition) is 1. The molecule has 0 unspecified atom stereocenters. The minimum absolute atomic E-state index is 0.0108. The molecule has 0 heterocycles. The third-order valence-electron chi connectivity index (χ3n) is 3.84. The Labute approximate surface area is 109 Å². The van der Waals surface area contributed by atoms with E-state index in [4.69, 9.17) is 5.73 Å². The van der Waals surface area contributed by atoms with Crippen LogP contribution in [-0.4, -0.2) is 0 Å². The van der Waals surface area contributed by atoms with Crippen molar-refractivity contribution >= 4 is 0 Å². The fourth-order valence-corrected chi connectivity index (χ4v) is 2.81. The lowest BCUT2D eigenvalue weighted by Crippen LogP contribution is -2.26. The number of hydrogen-bond acceptors (Lipinski definition) is 1. The third-order valence-corrected chi connectivity index (χ3v) is 3.84. The summed E-state index contributed by atoms with van der Waals surface area (Å²) in [4.78, 5) is 0. The SMILES string of the molecule is N[C@@H](c1cc(F)ccc1C(F)(F)F)C1CCCCC1. The van der Waals surface area contributed by atoms with Crippen LogP contribution in [0.15, 0.2) is 18.2 Å². The summed E-state index contributed by atoms with van der Waals surface area (Å²) in [5.74, 6) is -0.661. The molecule has 0 aliphatic heterocycles. The molecule has 5 heteroatoms. The Morgan fingerprint density at radius 2 is 1.74 bits per heavy atom. The molecule has 2 N–H and O–H groups in total. The van der Waals surface area contributed by atoms with Crippen LogP contribution in [0.3, 0.4) is 0 Å². The summed E-state index contributed by atoms with van der Waals surface area (Å²) in [6, 6.07) is 1.81. The van der Waals surface area contributed by atoms with E-state index in [9.17, 15) is 17.6 Å².